The summed E-state index contributed by atoms with van der Waals surface area (Å²) in [6.07, 6.45) is 3.13. The second-order valence-electron chi connectivity index (χ2n) is 2.57. The Kier molecular flexibility index (Phi) is 3.60. The van der Waals surface area contributed by atoms with Crippen LogP contribution in [0.25, 0.3) is 0 Å². The molecule has 0 unspecified atom stereocenters. The predicted octanol–water partition coefficient (Wildman–Crippen LogP) is 0.823. The predicted molar refractivity (Wildman–Crippen MR) is 49.2 cm³/mol. The molecule has 0 saturated carbocycles. The summed E-state index contributed by atoms with van der Waals surface area (Å²) in [5.74, 6) is -0.421. The van der Waals surface area contributed by atoms with Crippen LogP contribution in [0.2, 0.25) is 0 Å². The van der Waals surface area contributed by atoms with Crippen LogP contribution in [0.4, 0.5) is 0 Å². The van der Waals surface area contributed by atoms with Crippen molar-refractivity contribution in [3.63, 3.8) is 0 Å². The number of ether oxygens (including phenoxy) is 1. The monoisotopic (exact) mass is 194 g/mol. The smallest absolute Gasteiger partial charge is 0.303 e. The molecule has 0 fully saturated rings. The van der Waals surface area contributed by atoms with Crippen LogP contribution in [0.3, 0.4) is 0 Å². The Labute approximate surface area is 81.0 Å². The zero-order chi connectivity index (χ0) is 10.4. The van der Waals surface area contributed by atoms with Gasteiger partial charge in [-0.1, -0.05) is 5.16 Å². The average Bonchev–Trinajstić information content (AvgIpc) is 2.20. The Morgan fingerprint density at radius 3 is 3.00 bits per heavy atom. The maximum atomic E-state index is 10.5. The van der Waals surface area contributed by atoms with E-state index in [9.17, 15) is 4.79 Å². The van der Waals surface area contributed by atoms with E-state index in [4.69, 9.17) is 9.94 Å². The van der Waals surface area contributed by atoms with Crippen LogP contribution in [-0.4, -0.2) is 28.5 Å². The summed E-state index contributed by atoms with van der Waals surface area (Å²) in [4.78, 5) is 14.4. The highest BCUT2D eigenvalue weighted by Crippen LogP contribution is 1.99. The lowest BCUT2D eigenvalue weighted by atomic mass is 10.2. The van der Waals surface area contributed by atoms with Gasteiger partial charge in [-0.15, -0.1) is 0 Å². The van der Waals surface area contributed by atoms with Gasteiger partial charge in [-0.2, -0.15) is 0 Å². The van der Waals surface area contributed by atoms with E-state index in [1.165, 1.54) is 13.1 Å². The molecule has 1 aromatic heterocycles. The average molecular weight is 194 g/mol. The van der Waals surface area contributed by atoms with Crippen LogP contribution in [0.1, 0.15) is 12.5 Å². The molecular formula is C9H10N2O3. The van der Waals surface area contributed by atoms with Crippen molar-refractivity contribution >= 4 is 11.7 Å². The summed E-state index contributed by atoms with van der Waals surface area (Å²) in [6.45, 7) is 1.23. The fourth-order valence-corrected chi connectivity index (χ4v) is 0.873. The molecule has 0 spiro atoms. The van der Waals surface area contributed by atoms with E-state index in [0.717, 1.165) is 0 Å². The number of hydrogen-bond acceptors (Lipinski definition) is 5. The maximum Gasteiger partial charge on any atom is 0.303 e. The standard InChI is InChI=1S/C9H10N2O3/c1-7(12)14-6-9(11-13)8-3-2-4-10-5-8/h2-5,13H,6H2,1H3. The SMILES string of the molecule is CC(=O)OCC(=NO)c1cccnc1. The van der Waals surface area contributed by atoms with Crippen LogP contribution in [-0.2, 0) is 9.53 Å². The Morgan fingerprint density at radius 2 is 2.50 bits per heavy atom. The number of hydrogen-bond donors (Lipinski definition) is 1. The molecule has 0 aromatic carbocycles. The van der Waals surface area contributed by atoms with Gasteiger partial charge in [-0.05, 0) is 12.1 Å². The molecule has 0 radical (unpaired) electrons. The zero-order valence-corrected chi connectivity index (χ0v) is 7.67. The number of oxime groups is 1. The largest absolute Gasteiger partial charge is 0.459 e. The van der Waals surface area contributed by atoms with Crippen molar-refractivity contribution in [1.29, 1.82) is 0 Å². The molecule has 0 bridgehead atoms. The van der Waals surface area contributed by atoms with Gasteiger partial charge in [0.25, 0.3) is 0 Å². The first-order chi connectivity index (χ1) is 6.74. The summed E-state index contributed by atoms with van der Waals surface area (Å²) >= 11 is 0. The molecule has 1 heterocycles. The van der Waals surface area contributed by atoms with Crippen molar-refractivity contribution < 1.29 is 14.7 Å². The van der Waals surface area contributed by atoms with Gasteiger partial charge in [0.2, 0.25) is 0 Å². The molecule has 5 nitrogen and oxygen atoms in total. The van der Waals surface area contributed by atoms with E-state index in [1.54, 1.807) is 18.3 Å². The minimum Gasteiger partial charge on any atom is -0.459 e. The van der Waals surface area contributed by atoms with E-state index in [2.05, 4.69) is 10.1 Å². The second kappa shape index (κ2) is 4.96. The van der Waals surface area contributed by atoms with Crippen LogP contribution in [0.15, 0.2) is 29.7 Å². The first kappa shape index (κ1) is 10.2. The van der Waals surface area contributed by atoms with E-state index >= 15 is 0 Å². The summed E-state index contributed by atoms with van der Waals surface area (Å²) in [5, 5.41) is 11.7. The molecule has 0 aliphatic carbocycles. The van der Waals surface area contributed by atoms with Crippen molar-refractivity contribution in [2.75, 3.05) is 6.61 Å². The quantitative estimate of drug-likeness (QED) is 0.334. The van der Waals surface area contributed by atoms with E-state index in [1.807, 2.05) is 0 Å². The molecule has 14 heavy (non-hydrogen) atoms. The van der Waals surface area contributed by atoms with Gasteiger partial charge in [0, 0.05) is 24.9 Å². The number of aromatic nitrogens is 1. The van der Waals surface area contributed by atoms with Crippen LogP contribution >= 0.6 is 0 Å². The zero-order valence-electron chi connectivity index (χ0n) is 7.67. The molecule has 1 N–H and O–H groups in total. The Balaban J connectivity index is 2.69. The van der Waals surface area contributed by atoms with Gasteiger partial charge >= 0.3 is 5.97 Å². The molecule has 5 heteroatoms. The highest BCUT2D eigenvalue weighted by atomic mass is 16.5. The molecule has 0 aliphatic heterocycles. The first-order valence-electron chi connectivity index (χ1n) is 3.98. The summed E-state index contributed by atoms with van der Waals surface area (Å²) in [5.41, 5.74) is 0.893. The highest BCUT2D eigenvalue weighted by Gasteiger charge is 2.05. The van der Waals surface area contributed by atoms with Crippen molar-refractivity contribution in [3.8, 4) is 0 Å². The Morgan fingerprint density at radius 1 is 1.71 bits per heavy atom. The number of rotatable bonds is 3. The summed E-state index contributed by atoms with van der Waals surface area (Å²) < 4.78 is 4.69. The number of nitrogens with zero attached hydrogens (tertiary/aromatic N) is 2. The molecule has 0 atom stereocenters. The Bertz CT molecular complexity index is 335. The van der Waals surface area contributed by atoms with Crippen molar-refractivity contribution in [2.45, 2.75) is 6.92 Å². The molecule has 1 aromatic rings. The number of esters is 1. The van der Waals surface area contributed by atoms with Crippen molar-refractivity contribution in [2.24, 2.45) is 5.16 Å². The molecule has 1 rings (SSSR count). The summed E-state index contributed by atoms with van der Waals surface area (Å²) in [7, 11) is 0. The third-order valence-corrected chi connectivity index (χ3v) is 1.53. The third-order valence-electron chi connectivity index (χ3n) is 1.53. The van der Waals surface area contributed by atoms with Gasteiger partial charge in [-0.25, -0.2) is 0 Å². The highest BCUT2D eigenvalue weighted by molar-refractivity contribution is 6.01. The fourth-order valence-electron chi connectivity index (χ4n) is 0.873. The molecule has 0 amide bonds. The van der Waals surface area contributed by atoms with Crippen molar-refractivity contribution in [3.05, 3.63) is 30.1 Å². The first-order valence-corrected chi connectivity index (χ1v) is 3.98. The number of carbonyl (C=O) groups is 1. The molecular weight excluding hydrogens is 184 g/mol. The van der Waals surface area contributed by atoms with Gasteiger partial charge in [0.05, 0.1) is 0 Å². The minimum absolute atomic E-state index is 0.0580. The maximum absolute atomic E-state index is 10.5. The van der Waals surface area contributed by atoms with Crippen LogP contribution < -0.4 is 0 Å². The van der Waals surface area contributed by atoms with Gasteiger partial charge in [0.1, 0.15) is 12.3 Å². The topological polar surface area (TPSA) is 71.8 Å². The summed E-state index contributed by atoms with van der Waals surface area (Å²) in [6, 6.07) is 3.42. The third kappa shape index (κ3) is 2.85. The van der Waals surface area contributed by atoms with E-state index in [-0.39, 0.29) is 12.3 Å². The van der Waals surface area contributed by atoms with E-state index < -0.39 is 5.97 Å². The molecule has 74 valence electrons. The lowest BCUT2D eigenvalue weighted by molar-refractivity contribution is -0.139. The van der Waals surface area contributed by atoms with Crippen LogP contribution in [0.5, 0.6) is 0 Å². The Hall–Kier alpha value is -1.91. The van der Waals surface area contributed by atoms with Gasteiger partial charge in [0.15, 0.2) is 0 Å². The minimum atomic E-state index is -0.421. The lowest BCUT2D eigenvalue weighted by Crippen LogP contribution is -2.13. The number of pyridine rings is 1. The normalized spacial score (nSPS) is 11.1. The molecule has 0 aliphatic rings. The molecule has 0 saturated heterocycles. The van der Waals surface area contributed by atoms with Gasteiger partial charge < -0.3 is 9.94 Å². The fraction of sp³-hybridized carbons (Fsp3) is 0.222. The second-order valence-corrected chi connectivity index (χ2v) is 2.57. The van der Waals surface area contributed by atoms with Gasteiger partial charge in [-0.3, -0.25) is 9.78 Å². The lowest BCUT2D eigenvalue weighted by Gasteiger charge is -2.03. The van der Waals surface area contributed by atoms with Crippen LogP contribution in [0, 0.1) is 0 Å². The number of carbonyl (C=O) groups excluding carboxylic acids is 1. The van der Waals surface area contributed by atoms with Crippen molar-refractivity contribution in [1.82, 2.24) is 4.98 Å². The van der Waals surface area contributed by atoms with E-state index in [0.29, 0.717) is 5.56 Å².